The Morgan fingerprint density at radius 2 is 1.78 bits per heavy atom. The standard InChI is InChI=1S/C25H26F5N3O3/c1-14(16-6-5-7-17(8-16)25(28,29)30)31-22-18-9-21(20(35-4)10-19(18)32-15(2)33-22)36-13-23(12-34-3)11-24(23,26)27/h5-10,14H,11-13H2,1-4H3,(H,31,32,33)/t14-,23?/m1/s1. The lowest BCUT2D eigenvalue weighted by atomic mass is 10.0. The monoisotopic (exact) mass is 511 g/mol. The van der Waals surface area contributed by atoms with E-state index in [0.29, 0.717) is 33.9 Å². The maximum atomic E-state index is 14.0. The Balaban J connectivity index is 1.66. The van der Waals surface area contributed by atoms with E-state index in [-0.39, 0.29) is 25.4 Å². The van der Waals surface area contributed by atoms with Gasteiger partial charge in [0.05, 0.1) is 30.2 Å². The average molecular weight is 511 g/mol. The minimum atomic E-state index is -4.46. The van der Waals surface area contributed by atoms with E-state index in [4.69, 9.17) is 14.2 Å². The first-order valence-corrected chi connectivity index (χ1v) is 11.2. The molecule has 1 N–H and O–H groups in total. The number of hydrogen-bond donors (Lipinski definition) is 1. The van der Waals surface area contributed by atoms with Crippen molar-refractivity contribution in [1.82, 2.24) is 9.97 Å². The van der Waals surface area contributed by atoms with E-state index < -0.39 is 29.1 Å². The number of benzene rings is 2. The summed E-state index contributed by atoms with van der Waals surface area (Å²) in [5.41, 5.74) is -1.25. The molecular weight excluding hydrogens is 485 g/mol. The molecule has 0 spiro atoms. The summed E-state index contributed by atoms with van der Waals surface area (Å²) in [6.45, 7) is 2.95. The molecule has 0 radical (unpaired) electrons. The van der Waals surface area contributed by atoms with Gasteiger partial charge in [0.25, 0.3) is 5.92 Å². The molecular formula is C25H26F5N3O3. The minimum absolute atomic E-state index is 0.153. The van der Waals surface area contributed by atoms with Gasteiger partial charge < -0.3 is 19.5 Å². The smallest absolute Gasteiger partial charge is 0.416 e. The molecule has 4 rings (SSSR count). The van der Waals surface area contributed by atoms with Crippen molar-refractivity contribution in [3.8, 4) is 11.5 Å². The Kier molecular flexibility index (Phi) is 6.72. The first-order chi connectivity index (χ1) is 16.9. The van der Waals surface area contributed by atoms with Crippen LogP contribution in [0.5, 0.6) is 11.5 Å². The van der Waals surface area contributed by atoms with Crippen LogP contribution in [0.1, 0.15) is 36.3 Å². The Labute approximate surface area is 204 Å². The molecule has 1 fully saturated rings. The predicted molar refractivity (Wildman–Crippen MR) is 124 cm³/mol. The zero-order valence-electron chi connectivity index (χ0n) is 20.2. The Hall–Kier alpha value is -3.21. The summed E-state index contributed by atoms with van der Waals surface area (Å²) in [5, 5.41) is 3.65. The van der Waals surface area contributed by atoms with E-state index in [1.54, 1.807) is 32.0 Å². The molecule has 2 atom stereocenters. The summed E-state index contributed by atoms with van der Waals surface area (Å²) in [6.07, 6.45) is -4.80. The highest BCUT2D eigenvalue weighted by molar-refractivity contribution is 5.92. The van der Waals surface area contributed by atoms with Gasteiger partial charge in [-0.2, -0.15) is 13.2 Å². The van der Waals surface area contributed by atoms with E-state index in [0.717, 1.165) is 12.1 Å². The maximum Gasteiger partial charge on any atom is 0.416 e. The zero-order chi connectivity index (χ0) is 26.3. The number of rotatable bonds is 9. The molecule has 3 aromatic rings. The van der Waals surface area contributed by atoms with Crippen LogP contribution in [0, 0.1) is 12.3 Å². The summed E-state index contributed by atoms with van der Waals surface area (Å²) in [6, 6.07) is 7.67. The van der Waals surface area contributed by atoms with Crippen molar-refractivity contribution < 1.29 is 36.2 Å². The minimum Gasteiger partial charge on any atom is -0.493 e. The van der Waals surface area contributed by atoms with Crippen molar-refractivity contribution in [2.24, 2.45) is 5.41 Å². The van der Waals surface area contributed by atoms with Crippen LogP contribution in [-0.4, -0.2) is 43.3 Å². The van der Waals surface area contributed by atoms with Gasteiger partial charge in [0.2, 0.25) is 0 Å². The number of nitrogens with one attached hydrogen (secondary N) is 1. The van der Waals surface area contributed by atoms with Gasteiger partial charge in [-0.25, -0.2) is 18.7 Å². The Bertz CT molecular complexity index is 1270. The van der Waals surface area contributed by atoms with Gasteiger partial charge in [-0.15, -0.1) is 0 Å². The van der Waals surface area contributed by atoms with Crippen LogP contribution in [0.2, 0.25) is 0 Å². The fourth-order valence-electron chi connectivity index (χ4n) is 4.14. The quantitative estimate of drug-likeness (QED) is 0.346. The number of alkyl halides is 5. The number of nitrogens with zero attached hydrogens (tertiary/aromatic N) is 2. The first kappa shape index (κ1) is 25.9. The molecule has 1 aliphatic carbocycles. The lowest BCUT2D eigenvalue weighted by molar-refractivity contribution is -0.137. The van der Waals surface area contributed by atoms with Crippen molar-refractivity contribution in [2.45, 2.75) is 38.4 Å². The molecule has 194 valence electrons. The number of aromatic nitrogens is 2. The van der Waals surface area contributed by atoms with E-state index >= 15 is 0 Å². The number of ether oxygens (including phenoxy) is 3. The molecule has 1 unspecified atom stereocenters. The highest BCUT2D eigenvalue weighted by Gasteiger charge is 2.71. The van der Waals surface area contributed by atoms with Gasteiger partial charge in [-0.1, -0.05) is 12.1 Å². The lowest BCUT2D eigenvalue weighted by Gasteiger charge is -2.20. The van der Waals surface area contributed by atoms with Gasteiger partial charge in [0, 0.05) is 31.0 Å². The first-order valence-electron chi connectivity index (χ1n) is 11.2. The third-order valence-corrected chi connectivity index (χ3v) is 6.30. The second-order valence-electron chi connectivity index (χ2n) is 9.01. The summed E-state index contributed by atoms with van der Waals surface area (Å²) in [4.78, 5) is 8.84. The van der Waals surface area contributed by atoms with Crippen LogP contribution >= 0.6 is 0 Å². The highest BCUT2D eigenvalue weighted by Crippen LogP contribution is 2.60. The van der Waals surface area contributed by atoms with Crippen molar-refractivity contribution in [3.05, 3.63) is 53.3 Å². The molecule has 0 aliphatic heterocycles. The van der Waals surface area contributed by atoms with E-state index in [1.165, 1.54) is 20.3 Å². The molecule has 11 heteroatoms. The SMILES string of the molecule is COCC1(COc2cc3c(N[C@H](C)c4cccc(C(F)(F)F)c4)nc(C)nc3cc2OC)CC1(F)F. The van der Waals surface area contributed by atoms with Crippen LogP contribution in [0.25, 0.3) is 10.9 Å². The van der Waals surface area contributed by atoms with Crippen molar-refractivity contribution in [2.75, 3.05) is 32.8 Å². The second-order valence-corrected chi connectivity index (χ2v) is 9.01. The normalized spacial score (nSPS) is 19.7. The van der Waals surface area contributed by atoms with E-state index in [9.17, 15) is 22.0 Å². The van der Waals surface area contributed by atoms with E-state index in [2.05, 4.69) is 15.3 Å². The molecule has 0 bridgehead atoms. The maximum absolute atomic E-state index is 14.0. The molecule has 2 aromatic carbocycles. The second kappa shape index (κ2) is 9.34. The topological polar surface area (TPSA) is 65.5 Å². The van der Waals surface area contributed by atoms with Crippen LogP contribution in [0.3, 0.4) is 0 Å². The van der Waals surface area contributed by atoms with Crippen LogP contribution in [-0.2, 0) is 10.9 Å². The van der Waals surface area contributed by atoms with Crippen LogP contribution in [0.4, 0.5) is 27.8 Å². The van der Waals surface area contributed by atoms with Gasteiger partial charge in [-0.05, 0) is 37.6 Å². The molecule has 1 saturated carbocycles. The number of fused-ring (bicyclic) bond motifs is 1. The number of methoxy groups -OCH3 is 2. The Morgan fingerprint density at radius 3 is 2.39 bits per heavy atom. The molecule has 0 saturated heterocycles. The predicted octanol–water partition coefficient (Wildman–Crippen LogP) is 6.19. The average Bonchev–Trinajstić information content (AvgIpc) is 3.36. The largest absolute Gasteiger partial charge is 0.493 e. The number of halogens is 5. The van der Waals surface area contributed by atoms with Gasteiger partial charge >= 0.3 is 6.18 Å². The summed E-state index contributed by atoms with van der Waals surface area (Å²) in [5.74, 6) is -1.59. The number of anilines is 1. The van der Waals surface area contributed by atoms with Gasteiger partial charge in [-0.3, -0.25) is 0 Å². The zero-order valence-corrected chi connectivity index (χ0v) is 20.2. The molecule has 0 amide bonds. The van der Waals surface area contributed by atoms with Crippen molar-refractivity contribution >= 4 is 16.7 Å². The fraction of sp³-hybridized carbons (Fsp3) is 0.440. The third-order valence-electron chi connectivity index (χ3n) is 6.30. The Morgan fingerprint density at radius 1 is 1.06 bits per heavy atom. The molecule has 1 aliphatic rings. The fourth-order valence-corrected chi connectivity index (χ4v) is 4.14. The molecule has 6 nitrogen and oxygen atoms in total. The summed E-state index contributed by atoms with van der Waals surface area (Å²) in [7, 11) is 2.78. The highest BCUT2D eigenvalue weighted by atomic mass is 19.4. The molecule has 1 aromatic heterocycles. The summed E-state index contributed by atoms with van der Waals surface area (Å²) < 4.78 is 83.7. The third kappa shape index (κ3) is 5.02. The number of aryl methyl sites for hydroxylation is 1. The van der Waals surface area contributed by atoms with Crippen molar-refractivity contribution in [1.29, 1.82) is 0 Å². The summed E-state index contributed by atoms with van der Waals surface area (Å²) >= 11 is 0. The number of hydrogen-bond acceptors (Lipinski definition) is 6. The van der Waals surface area contributed by atoms with Crippen LogP contribution in [0.15, 0.2) is 36.4 Å². The van der Waals surface area contributed by atoms with Crippen molar-refractivity contribution in [3.63, 3.8) is 0 Å². The molecule has 36 heavy (non-hydrogen) atoms. The lowest BCUT2D eigenvalue weighted by Crippen LogP contribution is -2.25. The van der Waals surface area contributed by atoms with Gasteiger partial charge in [0.1, 0.15) is 18.2 Å². The van der Waals surface area contributed by atoms with Gasteiger partial charge in [0.15, 0.2) is 11.5 Å². The van der Waals surface area contributed by atoms with Crippen LogP contribution < -0.4 is 14.8 Å². The van der Waals surface area contributed by atoms with E-state index in [1.807, 2.05) is 0 Å². The molecule has 1 heterocycles.